The van der Waals surface area contributed by atoms with E-state index in [2.05, 4.69) is 68.4 Å². The zero-order chi connectivity index (χ0) is 19.3. The van der Waals surface area contributed by atoms with Crippen LogP contribution in [0.15, 0.2) is 49.1 Å². The maximum atomic E-state index is 4.67. The zero-order valence-electron chi connectivity index (χ0n) is 17.5. The molecule has 6 heteroatoms. The Labute approximate surface area is 180 Å². The Morgan fingerprint density at radius 2 is 1.79 bits per heavy atom. The van der Waals surface area contributed by atoms with Crippen LogP contribution in [0.2, 0.25) is 0 Å². The lowest BCUT2D eigenvalue weighted by Crippen LogP contribution is -2.35. The van der Waals surface area contributed by atoms with Gasteiger partial charge in [-0.2, -0.15) is 5.10 Å². The number of benzene rings is 1. The van der Waals surface area contributed by atoms with E-state index in [4.69, 9.17) is 0 Å². The SMILES string of the molecule is CCC(CN1CCCCC1)n1cncc1-c1cnn(Cc2ccccc2)c1C.Cl. The number of likely N-dealkylation sites (tertiary alicyclic amines) is 1. The fraction of sp³-hybridized carbons (Fsp3) is 0.478. The quantitative estimate of drug-likeness (QED) is 0.549. The molecule has 0 spiro atoms. The van der Waals surface area contributed by atoms with Crippen molar-refractivity contribution in [2.24, 2.45) is 0 Å². The Morgan fingerprint density at radius 1 is 1.03 bits per heavy atom. The second-order valence-electron chi connectivity index (χ2n) is 7.90. The lowest BCUT2D eigenvalue weighted by Gasteiger charge is -2.31. The third-order valence-electron chi connectivity index (χ3n) is 6.00. The molecule has 3 aromatic rings. The molecule has 1 fully saturated rings. The Morgan fingerprint density at radius 3 is 2.52 bits per heavy atom. The molecule has 29 heavy (non-hydrogen) atoms. The molecule has 0 aliphatic carbocycles. The largest absolute Gasteiger partial charge is 0.326 e. The molecule has 0 N–H and O–H groups in total. The molecule has 1 aliphatic heterocycles. The van der Waals surface area contributed by atoms with Gasteiger partial charge in [-0.15, -0.1) is 12.4 Å². The minimum Gasteiger partial charge on any atom is -0.326 e. The second kappa shape index (κ2) is 10.1. The first-order chi connectivity index (χ1) is 13.8. The lowest BCUT2D eigenvalue weighted by molar-refractivity contribution is 0.194. The summed E-state index contributed by atoms with van der Waals surface area (Å²) in [5.74, 6) is 0. The number of hydrogen-bond acceptors (Lipinski definition) is 3. The van der Waals surface area contributed by atoms with Crippen molar-refractivity contribution in [2.45, 2.75) is 52.1 Å². The van der Waals surface area contributed by atoms with Gasteiger partial charge in [-0.25, -0.2) is 4.98 Å². The van der Waals surface area contributed by atoms with Gasteiger partial charge >= 0.3 is 0 Å². The average Bonchev–Trinajstić information content (AvgIpc) is 3.35. The molecular weight excluding hydrogens is 382 g/mol. The first-order valence-electron chi connectivity index (χ1n) is 10.6. The Hall–Kier alpha value is -2.11. The maximum absolute atomic E-state index is 4.67. The van der Waals surface area contributed by atoms with Gasteiger partial charge in [0.05, 0.1) is 31.0 Å². The van der Waals surface area contributed by atoms with Crippen LogP contribution >= 0.6 is 12.4 Å². The molecule has 1 unspecified atom stereocenters. The number of hydrogen-bond donors (Lipinski definition) is 0. The molecule has 0 saturated carbocycles. The zero-order valence-corrected chi connectivity index (χ0v) is 18.3. The van der Waals surface area contributed by atoms with Gasteiger partial charge in [0.15, 0.2) is 0 Å². The van der Waals surface area contributed by atoms with E-state index >= 15 is 0 Å². The maximum Gasteiger partial charge on any atom is 0.0954 e. The average molecular weight is 414 g/mol. The number of halogens is 1. The topological polar surface area (TPSA) is 38.9 Å². The summed E-state index contributed by atoms with van der Waals surface area (Å²) in [5.41, 5.74) is 4.83. The van der Waals surface area contributed by atoms with Gasteiger partial charge in [0, 0.05) is 23.8 Å². The van der Waals surface area contributed by atoms with Crippen LogP contribution < -0.4 is 0 Å². The van der Waals surface area contributed by atoms with E-state index in [0.29, 0.717) is 6.04 Å². The van der Waals surface area contributed by atoms with E-state index in [-0.39, 0.29) is 12.4 Å². The monoisotopic (exact) mass is 413 g/mol. The van der Waals surface area contributed by atoms with Crippen LogP contribution in [-0.4, -0.2) is 43.9 Å². The molecule has 156 valence electrons. The molecule has 1 aromatic carbocycles. The van der Waals surface area contributed by atoms with Crippen molar-refractivity contribution >= 4 is 12.4 Å². The van der Waals surface area contributed by atoms with Crippen molar-refractivity contribution in [3.63, 3.8) is 0 Å². The normalized spacial score (nSPS) is 15.8. The van der Waals surface area contributed by atoms with Crippen molar-refractivity contribution in [3.05, 3.63) is 60.3 Å². The van der Waals surface area contributed by atoms with E-state index in [1.54, 1.807) is 0 Å². The smallest absolute Gasteiger partial charge is 0.0954 e. The van der Waals surface area contributed by atoms with Crippen LogP contribution in [0.25, 0.3) is 11.3 Å². The molecule has 0 radical (unpaired) electrons. The summed E-state index contributed by atoms with van der Waals surface area (Å²) in [6.07, 6.45) is 11.1. The van der Waals surface area contributed by atoms with Crippen molar-refractivity contribution in [2.75, 3.05) is 19.6 Å². The summed E-state index contributed by atoms with van der Waals surface area (Å²) in [4.78, 5) is 7.12. The summed E-state index contributed by atoms with van der Waals surface area (Å²) in [7, 11) is 0. The number of piperidine rings is 1. The van der Waals surface area contributed by atoms with Crippen LogP contribution in [0.5, 0.6) is 0 Å². The van der Waals surface area contributed by atoms with E-state index in [1.165, 1.54) is 54.9 Å². The molecule has 1 saturated heterocycles. The van der Waals surface area contributed by atoms with Gasteiger partial charge in [-0.3, -0.25) is 4.68 Å². The van der Waals surface area contributed by atoms with Gasteiger partial charge in [0.2, 0.25) is 0 Å². The van der Waals surface area contributed by atoms with Crippen molar-refractivity contribution in [1.82, 2.24) is 24.2 Å². The van der Waals surface area contributed by atoms with Gasteiger partial charge < -0.3 is 9.47 Å². The standard InChI is InChI=1S/C23H31N5.ClH/c1-3-21(17-26-12-8-5-9-13-26)27-18-24-15-23(27)22-14-25-28(19(22)2)16-20-10-6-4-7-11-20;/h4,6-7,10-11,14-15,18,21H,3,5,8-9,12-13,16-17H2,1-2H3;1H. The summed E-state index contributed by atoms with van der Waals surface area (Å²) < 4.78 is 4.46. The summed E-state index contributed by atoms with van der Waals surface area (Å²) >= 11 is 0. The van der Waals surface area contributed by atoms with Crippen LogP contribution in [-0.2, 0) is 6.54 Å². The summed E-state index contributed by atoms with van der Waals surface area (Å²) in [5, 5.41) is 4.67. The summed E-state index contributed by atoms with van der Waals surface area (Å²) in [6.45, 7) is 8.81. The van der Waals surface area contributed by atoms with E-state index in [0.717, 1.165) is 19.5 Å². The Balaban J connectivity index is 0.00000240. The fourth-order valence-corrected chi connectivity index (χ4v) is 4.27. The van der Waals surface area contributed by atoms with Crippen LogP contribution in [0.4, 0.5) is 0 Å². The molecule has 1 aliphatic rings. The minimum atomic E-state index is 0. The number of imidazole rings is 1. The molecular formula is C23H32ClN5. The molecule has 2 aromatic heterocycles. The first-order valence-corrected chi connectivity index (χ1v) is 10.6. The lowest BCUT2D eigenvalue weighted by atomic mass is 10.1. The van der Waals surface area contributed by atoms with Gasteiger partial charge in [-0.05, 0) is 44.8 Å². The third kappa shape index (κ3) is 4.90. The highest BCUT2D eigenvalue weighted by atomic mass is 35.5. The molecule has 0 bridgehead atoms. The van der Waals surface area contributed by atoms with Gasteiger partial charge in [-0.1, -0.05) is 43.7 Å². The van der Waals surface area contributed by atoms with Crippen molar-refractivity contribution in [3.8, 4) is 11.3 Å². The Bertz CT molecular complexity index is 880. The highest BCUT2D eigenvalue weighted by Gasteiger charge is 2.21. The van der Waals surface area contributed by atoms with E-state index in [9.17, 15) is 0 Å². The summed E-state index contributed by atoms with van der Waals surface area (Å²) in [6, 6.07) is 11.0. The second-order valence-corrected chi connectivity index (χ2v) is 7.90. The first kappa shape index (κ1) is 21.6. The van der Waals surface area contributed by atoms with Gasteiger partial charge in [0.1, 0.15) is 0 Å². The molecule has 3 heterocycles. The molecule has 1 atom stereocenters. The highest BCUT2D eigenvalue weighted by Crippen LogP contribution is 2.28. The van der Waals surface area contributed by atoms with Crippen molar-refractivity contribution in [1.29, 1.82) is 0 Å². The van der Waals surface area contributed by atoms with Crippen LogP contribution in [0.1, 0.15) is 49.9 Å². The molecule has 4 rings (SSSR count). The minimum absolute atomic E-state index is 0. The van der Waals surface area contributed by atoms with E-state index < -0.39 is 0 Å². The Kier molecular flexibility index (Phi) is 7.51. The fourth-order valence-electron chi connectivity index (χ4n) is 4.27. The highest BCUT2D eigenvalue weighted by molar-refractivity contribution is 5.85. The number of nitrogens with zero attached hydrogens (tertiary/aromatic N) is 5. The van der Waals surface area contributed by atoms with Crippen molar-refractivity contribution < 1.29 is 0 Å². The van der Waals surface area contributed by atoms with Gasteiger partial charge in [0.25, 0.3) is 0 Å². The third-order valence-corrected chi connectivity index (χ3v) is 6.00. The molecule has 0 amide bonds. The predicted octanol–water partition coefficient (Wildman–Crippen LogP) is 4.96. The van der Waals surface area contributed by atoms with E-state index in [1.807, 2.05) is 18.7 Å². The van der Waals surface area contributed by atoms with Crippen LogP contribution in [0.3, 0.4) is 0 Å². The predicted molar refractivity (Wildman–Crippen MR) is 121 cm³/mol. The number of rotatable bonds is 7. The molecule has 5 nitrogen and oxygen atoms in total. The van der Waals surface area contributed by atoms with Crippen LogP contribution in [0, 0.1) is 6.92 Å². The number of aromatic nitrogens is 4.